The Balaban J connectivity index is 1.95. The summed E-state index contributed by atoms with van der Waals surface area (Å²) in [4.78, 5) is 2.56. The van der Waals surface area contributed by atoms with Crippen LogP contribution in [0.3, 0.4) is 0 Å². The van der Waals surface area contributed by atoms with Crippen LogP contribution in [0.4, 0.5) is 0 Å². The summed E-state index contributed by atoms with van der Waals surface area (Å²) in [5.41, 5.74) is 7.43. The molecule has 0 aromatic heterocycles. The van der Waals surface area contributed by atoms with Gasteiger partial charge in [-0.25, -0.2) is 0 Å². The Morgan fingerprint density at radius 1 is 1.32 bits per heavy atom. The van der Waals surface area contributed by atoms with Crippen molar-refractivity contribution in [1.29, 1.82) is 0 Å². The van der Waals surface area contributed by atoms with Gasteiger partial charge in [-0.15, -0.1) is 0 Å². The first kappa shape index (κ1) is 14.4. The summed E-state index contributed by atoms with van der Waals surface area (Å²) in [6, 6.07) is 9.22. The largest absolute Gasteiger partial charge is 0.496 e. The molecule has 3 atom stereocenters. The van der Waals surface area contributed by atoms with E-state index in [0.717, 1.165) is 31.7 Å². The van der Waals surface area contributed by atoms with Crippen molar-refractivity contribution in [3.05, 3.63) is 29.8 Å². The lowest BCUT2D eigenvalue weighted by Gasteiger charge is -2.41. The third-order valence-electron chi connectivity index (χ3n) is 4.62. The minimum absolute atomic E-state index is 0.359. The van der Waals surface area contributed by atoms with Gasteiger partial charge in [0.1, 0.15) is 5.75 Å². The van der Waals surface area contributed by atoms with Gasteiger partial charge < -0.3 is 10.5 Å². The fraction of sp³-hybridized carbons (Fsp3) is 0.625. The number of piperidine rings is 1. The van der Waals surface area contributed by atoms with Crippen molar-refractivity contribution in [2.45, 2.75) is 38.8 Å². The molecule has 0 amide bonds. The van der Waals surface area contributed by atoms with E-state index in [-0.39, 0.29) is 0 Å². The highest BCUT2D eigenvalue weighted by atomic mass is 16.5. The van der Waals surface area contributed by atoms with E-state index in [1.54, 1.807) is 7.11 Å². The molecule has 2 rings (SSSR count). The van der Waals surface area contributed by atoms with E-state index in [0.29, 0.717) is 18.0 Å². The highest BCUT2D eigenvalue weighted by molar-refractivity contribution is 5.33. The first-order chi connectivity index (χ1) is 9.13. The van der Waals surface area contributed by atoms with Crippen molar-refractivity contribution < 1.29 is 4.74 Å². The molecule has 3 heteroatoms. The van der Waals surface area contributed by atoms with Crippen LogP contribution in [0, 0.1) is 5.92 Å². The molecule has 0 radical (unpaired) electrons. The third-order valence-corrected chi connectivity index (χ3v) is 4.62. The molecule has 1 aliphatic heterocycles. The SMILES string of the molecule is COc1ccccc1CCN1CCC(N)C(C)C1C. The van der Waals surface area contributed by atoms with Gasteiger partial charge in [-0.05, 0) is 43.9 Å². The standard InChI is InChI=1S/C16H26N2O/c1-12-13(2)18(11-9-15(12)17)10-8-14-6-4-5-7-16(14)19-3/h4-7,12-13,15H,8-11,17H2,1-3H3. The molecule has 3 nitrogen and oxygen atoms in total. The van der Waals surface area contributed by atoms with Gasteiger partial charge in [-0.3, -0.25) is 4.90 Å². The average Bonchev–Trinajstić information content (AvgIpc) is 2.44. The number of hydrogen-bond acceptors (Lipinski definition) is 3. The number of methoxy groups -OCH3 is 1. The average molecular weight is 262 g/mol. The molecule has 19 heavy (non-hydrogen) atoms. The number of para-hydroxylation sites is 1. The topological polar surface area (TPSA) is 38.5 Å². The van der Waals surface area contributed by atoms with Crippen molar-refractivity contribution in [1.82, 2.24) is 4.90 Å². The van der Waals surface area contributed by atoms with E-state index in [1.165, 1.54) is 5.56 Å². The lowest BCUT2D eigenvalue weighted by Crippen LogP contribution is -2.52. The first-order valence-electron chi connectivity index (χ1n) is 7.25. The highest BCUT2D eigenvalue weighted by Gasteiger charge is 2.29. The van der Waals surface area contributed by atoms with Gasteiger partial charge in [0.25, 0.3) is 0 Å². The van der Waals surface area contributed by atoms with E-state index < -0.39 is 0 Å². The summed E-state index contributed by atoms with van der Waals surface area (Å²) in [6.45, 7) is 6.76. The van der Waals surface area contributed by atoms with Gasteiger partial charge in [0.05, 0.1) is 7.11 Å². The summed E-state index contributed by atoms with van der Waals surface area (Å²) < 4.78 is 5.41. The Bertz CT molecular complexity index is 407. The molecule has 3 unspecified atom stereocenters. The monoisotopic (exact) mass is 262 g/mol. The normalized spacial score (nSPS) is 28.3. The summed E-state index contributed by atoms with van der Waals surface area (Å²) >= 11 is 0. The minimum atomic E-state index is 0.359. The minimum Gasteiger partial charge on any atom is -0.496 e. The van der Waals surface area contributed by atoms with Crippen LogP contribution in [0.5, 0.6) is 5.75 Å². The van der Waals surface area contributed by atoms with E-state index in [9.17, 15) is 0 Å². The Morgan fingerprint density at radius 2 is 2.05 bits per heavy atom. The Morgan fingerprint density at radius 3 is 2.79 bits per heavy atom. The first-order valence-corrected chi connectivity index (χ1v) is 7.25. The maximum absolute atomic E-state index is 6.14. The fourth-order valence-corrected chi connectivity index (χ4v) is 2.96. The Labute approximate surface area is 116 Å². The van der Waals surface area contributed by atoms with Gasteiger partial charge in [-0.2, -0.15) is 0 Å². The van der Waals surface area contributed by atoms with Crippen LogP contribution in [0.15, 0.2) is 24.3 Å². The van der Waals surface area contributed by atoms with Crippen LogP contribution in [-0.4, -0.2) is 37.2 Å². The third kappa shape index (κ3) is 3.28. The van der Waals surface area contributed by atoms with E-state index in [4.69, 9.17) is 10.5 Å². The van der Waals surface area contributed by atoms with Crippen molar-refractivity contribution in [2.75, 3.05) is 20.2 Å². The molecular formula is C16H26N2O. The van der Waals surface area contributed by atoms with Gasteiger partial charge in [-0.1, -0.05) is 25.1 Å². The summed E-state index contributed by atoms with van der Waals surface area (Å²) in [6.07, 6.45) is 2.15. The molecule has 1 aromatic rings. The molecule has 1 saturated heterocycles. The van der Waals surface area contributed by atoms with Crippen molar-refractivity contribution >= 4 is 0 Å². The number of ether oxygens (including phenoxy) is 1. The zero-order valence-corrected chi connectivity index (χ0v) is 12.3. The molecule has 1 aromatic carbocycles. The lowest BCUT2D eigenvalue weighted by molar-refractivity contribution is 0.0991. The van der Waals surface area contributed by atoms with Crippen LogP contribution >= 0.6 is 0 Å². The molecule has 0 spiro atoms. The summed E-state index contributed by atoms with van der Waals surface area (Å²) in [5, 5.41) is 0. The molecule has 1 fully saturated rings. The number of likely N-dealkylation sites (tertiary alicyclic amines) is 1. The maximum Gasteiger partial charge on any atom is 0.122 e. The van der Waals surface area contributed by atoms with Gasteiger partial charge in [0.15, 0.2) is 0 Å². The Hall–Kier alpha value is -1.06. The summed E-state index contributed by atoms with van der Waals surface area (Å²) in [7, 11) is 1.74. The number of benzene rings is 1. The van der Waals surface area contributed by atoms with Gasteiger partial charge in [0, 0.05) is 18.6 Å². The summed E-state index contributed by atoms with van der Waals surface area (Å²) in [5.74, 6) is 1.57. The van der Waals surface area contributed by atoms with Crippen LogP contribution in [0.25, 0.3) is 0 Å². The van der Waals surface area contributed by atoms with E-state index in [2.05, 4.69) is 30.9 Å². The van der Waals surface area contributed by atoms with E-state index >= 15 is 0 Å². The maximum atomic E-state index is 6.14. The van der Waals surface area contributed by atoms with Crippen molar-refractivity contribution in [3.8, 4) is 5.75 Å². The molecule has 2 N–H and O–H groups in total. The lowest BCUT2D eigenvalue weighted by atomic mass is 9.87. The smallest absolute Gasteiger partial charge is 0.122 e. The quantitative estimate of drug-likeness (QED) is 0.905. The van der Waals surface area contributed by atoms with Crippen molar-refractivity contribution in [2.24, 2.45) is 11.7 Å². The second-order valence-corrected chi connectivity index (χ2v) is 5.65. The molecule has 1 aliphatic rings. The van der Waals surface area contributed by atoms with Crippen LogP contribution in [0.2, 0.25) is 0 Å². The predicted molar refractivity (Wildman–Crippen MR) is 79.5 cm³/mol. The highest BCUT2D eigenvalue weighted by Crippen LogP contribution is 2.24. The second-order valence-electron chi connectivity index (χ2n) is 5.65. The molecule has 0 saturated carbocycles. The zero-order valence-electron chi connectivity index (χ0n) is 12.3. The molecule has 0 aliphatic carbocycles. The second kappa shape index (κ2) is 6.40. The number of hydrogen-bond donors (Lipinski definition) is 1. The number of nitrogens with zero attached hydrogens (tertiary/aromatic N) is 1. The van der Waals surface area contributed by atoms with Crippen LogP contribution in [0.1, 0.15) is 25.8 Å². The molecule has 0 bridgehead atoms. The molecule has 1 heterocycles. The predicted octanol–water partition coefficient (Wildman–Crippen LogP) is 2.30. The zero-order chi connectivity index (χ0) is 13.8. The number of nitrogens with two attached hydrogens (primary N) is 1. The molecular weight excluding hydrogens is 236 g/mol. The van der Waals surface area contributed by atoms with Gasteiger partial charge >= 0.3 is 0 Å². The van der Waals surface area contributed by atoms with Crippen molar-refractivity contribution in [3.63, 3.8) is 0 Å². The fourth-order valence-electron chi connectivity index (χ4n) is 2.96. The van der Waals surface area contributed by atoms with Crippen LogP contribution < -0.4 is 10.5 Å². The molecule has 106 valence electrons. The van der Waals surface area contributed by atoms with E-state index in [1.807, 2.05) is 12.1 Å². The van der Waals surface area contributed by atoms with Gasteiger partial charge in [0.2, 0.25) is 0 Å². The number of rotatable bonds is 4. The van der Waals surface area contributed by atoms with Crippen LogP contribution in [-0.2, 0) is 6.42 Å². The Kier molecular flexibility index (Phi) is 4.83.